The van der Waals surface area contributed by atoms with Crippen molar-refractivity contribution < 1.29 is 22.8 Å². The van der Waals surface area contributed by atoms with Crippen LogP contribution < -0.4 is 14.2 Å². The van der Waals surface area contributed by atoms with Crippen LogP contribution in [0.4, 0.5) is 5.69 Å². The van der Waals surface area contributed by atoms with Crippen LogP contribution in [-0.4, -0.2) is 33.1 Å². The molecule has 0 amide bonds. The molecule has 25 heavy (non-hydrogen) atoms. The minimum Gasteiger partial charge on any atom is -0.486 e. The van der Waals surface area contributed by atoms with Crippen molar-refractivity contribution in [2.24, 2.45) is 0 Å². The monoisotopic (exact) mass is 364 g/mol. The topological polar surface area (TPSA) is 108 Å². The molecule has 0 unspecified atom stereocenters. The average molecular weight is 364 g/mol. The van der Waals surface area contributed by atoms with Gasteiger partial charge in [-0.1, -0.05) is 12.1 Å². The SMILES string of the molecule is O=[N+]([O-])c1ccc(CCNS(=O)(=O)c2ccc3c(c2)OCCO3)cc1. The lowest BCUT2D eigenvalue weighted by molar-refractivity contribution is -0.384. The van der Waals surface area contributed by atoms with Crippen LogP contribution in [0, 0.1) is 10.1 Å². The summed E-state index contributed by atoms with van der Waals surface area (Å²) in [4.78, 5) is 10.2. The van der Waals surface area contributed by atoms with Crippen molar-refractivity contribution in [2.75, 3.05) is 19.8 Å². The van der Waals surface area contributed by atoms with Crippen LogP contribution in [0.25, 0.3) is 0 Å². The fourth-order valence-electron chi connectivity index (χ4n) is 2.39. The minimum absolute atomic E-state index is 0.000564. The normalized spacial score (nSPS) is 13.4. The zero-order chi connectivity index (χ0) is 17.9. The Morgan fingerprint density at radius 1 is 1.04 bits per heavy atom. The van der Waals surface area contributed by atoms with Gasteiger partial charge in [-0.05, 0) is 24.1 Å². The molecular weight excluding hydrogens is 348 g/mol. The summed E-state index contributed by atoms with van der Waals surface area (Å²) >= 11 is 0. The fraction of sp³-hybridized carbons (Fsp3) is 0.250. The third kappa shape index (κ3) is 4.06. The number of nitro groups is 1. The molecule has 2 aromatic rings. The molecule has 0 saturated carbocycles. The van der Waals surface area contributed by atoms with E-state index in [4.69, 9.17) is 9.47 Å². The van der Waals surface area contributed by atoms with E-state index < -0.39 is 14.9 Å². The van der Waals surface area contributed by atoms with Gasteiger partial charge in [0.15, 0.2) is 11.5 Å². The van der Waals surface area contributed by atoms with Gasteiger partial charge in [-0.3, -0.25) is 10.1 Å². The van der Waals surface area contributed by atoms with Gasteiger partial charge in [0.2, 0.25) is 10.0 Å². The number of sulfonamides is 1. The quantitative estimate of drug-likeness (QED) is 0.619. The maximum absolute atomic E-state index is 12.4. The van der Waals surface area contributed by atoms with Gasteiger partial charge in [0, 0.05) is 24.7 Å². The van der Waals surface area contributed by atoms with Crippen LogP contribution in [0.2, 0.25) is 0 Å². The molecule has 0 fully saturated rings. The molecular formula is C16H16N2O6S. The molecule has 0 aliphatic carbocycles. The second-order valence-corrected chi connectivity index (χ2v) is 7.14. The minimum atomic E-state index is -3.68. The highest BCUT2D eigenvalue weighted by Crippen LogP contribution is 2.32. The van der Waals surface area contributed by atoms with Crippen LogP contribution in [0.3, 0.4) is 0 Å². The summed E-state index contributed by atoms with van der Waals surface area (Å²) in [5.41, 5.74) is 0.802. The van der Waals surface area contributed by atoms with Crippen molar-refractivity contribution in [1.29, 1.82) is 0 Å². The second kappa shape index (κ2) is 7.08. The lowest BCUT2D eigenvalue weighted by atomic mass is 10.1. The molecule has 8 nitrogen and oxygen atoms in total. The molecule has 132 valence electrons. The number of ether oxygens (including phenoxy) is 2. The summed E-state index contributed by atoms with van der Waals surface area (Å²) in [6, 6.07) is 10.5. The number of non-ortho nitro benzene ring substituents is 1. The first-order valence-corrected chi connectivity index (χ1v) is 9.07. The van der Waals surface area contributed by atoms with Gasteiger partial charge in [0.1, 0.15) is 13.2 Å². The van der Waals surface area contributed by atoms with E-state index in [0.29, 0.717) is 31.1 Å². The summed E-state index contributed by atoms with van der Waals surface area (Å²) in [5.74, 6) is 0.931. The lowest BCUT2D eigenvalue weighted by Crippen LogP contribution is -2.26. The molecule has 0 bridgehead atoms. The smallest absolute Gasteiger partial charge is 0.269 e. The van der Waals surface area contributed by atoms with E-state index in [-0.39, 0.29) is 17.1 Å². The molecule has 0 atom stereocenters. The van der Waals surface area contributed by atoms with Crippen molar-refractivity contribution >= 4 is 15.7 Å². The molecule has 3 rings (SSSR count). The Morgan fingerprint density at radius 3 is 2.40 bits per heavy atom. The Bertz CT molecular complexity index is 880. The average Bonchev–Trinajstić information content (AvgIpc) is 2.61. The molecule has 0 spiro atoms. The zero-order valence-electron chi connectivity index (χ0n) is 13.2. The van der Waals surface area contributed by atoms with Crippen molar-refractivity contribution in [2.45, 2.75) is 11.3 Å². The molecule has 0 aromatic heterocycles. The summed E-state index contributed by atoms with van der Waals surface area (Å²) in [6.07, 6.45) is 0.418. The number of nitro benzene ring substituents is 1. The first kappa shape index (κ1) is 17.2. The second-order valence-electron chi connectivity index (χ2n) is 5.38. The van der Waals surface area contributed by atoms with Gasteiger partial charge in [-0.15, -0.1) is 0 Å². The molecule has 1 aliphatic heterocycles. The highest BCUT2D eigenvalue weighted by Gasteiger charge is 2.19. The molecule has 1 aliphatic rings. The first-order chi connectivity index (χ1) is 12.0. The van der Waals surface area contributed by atoms with E-state index >= 15 is 0 Å². The number of fused-ring (bicyclic) bond motifs is 1. The number of rotatable bonds is 6. The molecule has 9 heteroatoms. The maximum Gasteiger partial charge on any atom is 0.269 e. The predicted molar refractivity (Wildman–Crippen MR) is 89.4 cm³/mol. The van der Waals surface area contributed by atoms with Crippen LogP contribution in [0.1, 0.15) is 5.56 Å². The molecule has 1 heterocycles. The number of nitrogens with zero attached hydrogens (tertiary/aromatic N) is 1. The van der Waals surface area contributed by atoms with Crippen molar-refractivity contribution in [3.8, 4) is 11.5 Å². The van der Waals surface area contributed by atoms with Crippen molar-refractivity contribution in [3.05, 3.63) is 58.1 Å². The third-order valence-electron chi connectivity index (χ3n) is 3.68. The van der Waals surface area contributed by atoms with E-state index in [9.17, 15) is 18.5 Å². The number of benzene rings is 2. The molecule has 0 saturated heterocycles. The predicted octanol–water partition coefficient (Wildman–Crippen LogP) is 1.89. The number of hydrogen-bond donors (Lipinski definition) is 1. The van der Waals surface area contributed by atoms with Gasteiger partial charge >= 0.3 is 0 Å². The van der Waals surface area contributed by atoms with Gasteiger partial charge in [0.05, 0.1) is 9.82 Å². The fourth-order valence-corrected chi connectivity index (χ4v) is 3.44. The van der Waals surface area contributed by atoms with Crippen LogP contribution in [-0.2, 0) is 16.4 Å². The van der Waals surface area contributed by atoms with Gasteiger partial charge in [0.25, 0.3) is 5.69 Å². The Kier molecular flexibility index (Phi) is 4.86. The number of nitrogens with one attached hydrogen (secondary N) is 1. The maximum atomic E-state index is 12.4. The Morgan fingerprint density at radius 2 is 1.72 bits per heavy atom. The Balaban J connectivity index is 1.63. The number of hydrogen-bond acceptors (Lipinski definition) is 6. The first-order valence-electron chi connectivity index (χ1n) is 7.58. The summed E-state index contributed by atoms with van der Waals surface area (Å²) < 4.78 is 38.0. The van der Waals surface area contributed by atoms with Gasteiger partial charge in [-0.2, -0.15) is 0 Å². The zero-order valence-corrected chi connectivity index (χ0v) is 14.0. The van der Waals surface area contributed by atoms with Gasteiger partial charge < -0.3 is 9.47 Å². The van der Waals surface area contributed by atoms with E-state index in [0.717, 1.165) is 5.56 Å². The molecule has 2 aromatic carbocycles. The largest absolute Gasteiger partial charge is 0.486 e. The highest BCUT2D eigenvalue weighted by molar-refractivity contribution is 7.89. The summed E-state index contributed by atoms with van der Waals surface area (Å²) in [7, 11) is -3.68. The highest BCUT2D eigenvalue weighted by atomic mass is 32.2. The lowest BCUT2D eigenvalue weighted by Gasteiger charge is -2.18. The van der Waals surface area contributed by atoms with E-state index in [2.05, 4.69) is 4.72 Å². The molecule has 1 N–H and O–H groups in total. The van der Waals surface area contributed by atoms with Crippen LogP contribution in [0.5, 0.6) is 11.5 Å². The Hall–Kier alpha value is -2.65. The summed E-state index contributed by atoms with van der Waals surface area (Å²) in [5, 5.41) is 10.6. The third-order valence-corrected chi connectivity index (χ3v) is 5.14. The summed E-state index contributed by atoms with van der Waals surface area (Å²) in [6.45, 7) is 0.991. The Labute approximate surface area is 144 Å². The van der Waals surface area contributed by atoms with E-state index in [1.807, 2.05) is 0 Å². The van der Waals surface area contributed by atoms with Crippen molar-refractivity contribution in [1.82, 2.24) is 4.72 Å². The van der Waals surface area contributed by atoms with E-state index in [1.54, 1.807) is 18.2 Å². The van der Waals surface area contributed by atoms with E-state index in [1.165, 1.54) is 24.3 Å². The van der Waals surface area contributed by atoms with Crippen LogP contribution >= 0.6 is 0 Å². The van der Waals surface area contributed by atoms with Gasteiger partial charge in [-0.25, -0.2) is 13.1 Å². The molecule has 0 radical (unpaired) electrons. The standard InChI is InChI=1S/C16H16N2O6S/c19-18(20)13-3-1-12(2-4-13)7-8-17-25(21,22)14-5-6-15-16(11-14)24-10-9-23-15/h1-6,11,17H,7-10H2. The van der Waals surface area contributed by atoms with Crippen molar-refractivity contribution in [3.63, 3.8) is 0 Å². The van der Waals surface area contributed by atoms with Crippen LogP contribution in [0.15, 0.2) is 47.4 Å².